The zero-order valence-electron chi connectivity index (χ0n) is 23.7. The Hall–Kier alpha value is -3.22. The monoisotopic (exact) mass is 773 g/mol. The van der Waals surface area contributed by atoms with Crippen molar-refractivity contribution >= 4 is 66.0 Å². The Kier molecular flexibility index (Phi) is 11.8. The third-order valence-electron chi connectivity index (χ3n) is 6.81. The van der Waals surface area contributed by atoms with E-state index in [1.807, 2.05) is 61.5 Å². The predicted octanol–water partition coefficient (Wildman–Crippen LogP) is 6.42. The molecule has 0 saturated heterocycles. The van der Waals surface area contributed by atoms with E-state index in [1.54, 1.807) is 42.5 Å². The van der Waals surface area contributed by atoms with Gasteiger partial charge in [0.15, 0.2) is 0 Å². The molecule has 0 fully saturated rings. The first-order chi connectivity index (χ1) is 20.7. The van der Waals surface area contributed by atoms with Gasteiger partial charge in [-0.2, -0.15) is 0 Å². The average Bonchev–Trinajstić information content (AvgIpc) is 3.02. The summed E-state index contributed by atoms with van der Waals surface area (Å²) >= 11 is 5.60. The van der Waals surface area contributed by atoms with Crippen LogP contribution in [-0.4, -0.2) is 44.3 Å². The molecule has 1 atom stereocenters. The number of hydrogen-bond donors (Lipinski definition) is 1. The van der Waals surface area contributed by atoms with E-state index in [-0.39, 0.29) is 23.8 Å². The molecule has 43 heavy (non-hydrogen) atoms. The second-order valence-electron chi connectivity index (χ2n) is 9.95. The molecule has 2 amide bonds. The molecule has 224 valence electrons. The van der Waals surface area contributed by atoms with Crippen LogP contribution in [0.5, 0.6) is 0 Å². The van der Waals surface area contributed by atoms with E-state index >= 15 is 0 Å². The fourth-order valence-electron chi connectivity index (χ4n) is 4.56. The van der Waals surface area contributed by atoms with Gasteiger partial charge in [-0.1, -0.05) is 83.5 Å². The van der Waals surface area contributed by atoms with Gasteiger partial charge in [-0.15, -0.1) is 0 Å². The fourth-order valence-corrected chi connectivity index (χ4v) is 6.62. The van der Waals surface area contributed by atoms with Crippen LogP contribution in [0.25, 0.3) is 0 Å². The minimum absolute atomic E-state index is 0.0716. The first kappa shape index (κ1) is 32.7. The number of amides is 2. The Morgan fingerprint density at radius 1 is 0.837 bits per heavy atom. The maximum absolute atomic E-state index is 14.4. The van der Waals surface area contributed by atoms with Gasteiger partial charge in [0.1, 0.15) is 12.6 Å². The number of anilines is 1. The standard InChI is InChI=1S/C33H33BrIN3O4S/c1-2-21-36-33(40)31(22-25-9-5-3-6-10-25)37(23-26-13-15-27(34)16-14-26)32(39)24-38(29-19-17-28(35)18-20-29)43(41,42)30-11-7-4-8-12-30/h3-20,31H,2,21-24H2,1H3,(H,36,40)/t31-/m0/s1. The lowest BCUT2D eigenvalue weighted by Crippen LogP contribution is -2.53. The first-order valence-corrected chi connectivity index (χ1v) is 17.2. The summed E-state index contributed by atoms with van der Waals surface area (Å²) in [6.45, 7) is 2.06. The number of carbonyl (C=O) groups excluding carboxylic acids is 2. The molecule has 0 aromatic heterocycles. The quantitative estimate of drug-likeness (QED) is 0.159. The number of carbonyl (C=O) groups is 2. The summed E-state index contributed by atoms with van der Waals surface area (Å²) in [5.41, 5.74) is 2.06. The van der Waals surface area contributed by atoms with Crippen molar-refractivity contribution in [3.05, 3.63) is 128 Å². The van der Waals surface area contributed by atoms with Gasteiger partial charge in [-0.05, 0) is 88.7 Å². The van der Waals surface area contributed by atoms with Crippen LogP contribution in [0.15, 0.2) is 119 Å². The molecule has 0 aliphatic heterocycles. The summed E-state index contributed by atoms with van der Waals surface area (Å²) in [6, 6.07) is 31.2. The number of sulfonamides is 1. The van der Waals surface area contributed by atoms with E-state index in [0.717, 1.165) is 29.9 Å². The molecule has 4 aromatic rings. The number of nitrogens with zero attached hydrogens (tertiary/aromatic N) is 2. The second-order valence-corrected chi connectivity index (χ2v) is 14.0. The van der Waals surface area contributed by atoms with Gasteiger partial charge in [0.25, 0.3) is 10.0 Å². The largest absolute Gasteiger partial charge is 0.354 e. The minimum Gasteiger partial charge on any atom is -0.354 e. The summed E-state index contributed by atoms with van der Waals surface area (Å²) in [6.07, 6.45) is 1.01. The number of halogens is 2. The molecule has 0 unspecified atom stereocenters. The molecule has 0 saturated carbocycles. The Bertz CT molecular complexity index is 1600. The van der Waals surface area contributed by atoms with Crippen LogP contribution in [-0.2, 0) is 32.6 Å². The van der Waals surface area contributed by atoms with E-state index < -0.39 is 28.5 Å². The number of nitrogens with one attached hydrogen (secondary N) is 1. The topological polar surface area (TPSA) is 86.8 Å². The smallest absolute Gasteiger partial charge is 0.264 e. The molecule has 0 aliphatic carbocycles. The minimum atomic E-state index is -4.12. The van der Waals surface area contributed by atoms with E-state index in [1.165, 1.54) is 17.0 Å². The Balaban J connectivity index is 1.78. The molecular weight excluding hydrogens is 741 g/mol. The molecule has 4 aromatic carbocycles. The lowest BCUT2D eigenvalue weighted by Gasteiger charge is -2.34. The summed E-state index contributed by atoms with van der Waals surface area (Å²) in [4.78, 5) is 29.6. The highest BCUT2D eigenvalue weighted by atomic mass is 127. The zero-order valence-corrected chi connectivity index (χ0v) is 28.3. The van der Waals surface area contributed by atoms with Gasteiger partial charge < -0.3 is 10.2 Å². The lowest BCUT2D eigenvalue weighted by molar-refractivity contribution is -0.140. The molecule has 0 bridgehead atoms. The van der Waals surface area contributed by atoms with Crippen molar-refractivity contribution in [2.75, 3.05) is 17.4 Å². The van der Waals surface area contributed by atoms with Crippen molar-refractivity contribution < 1.29 is 18.0 Å². The van der Waals surface area contributed by atoms with Gasteiger partial charge in [-0.25, -0.2) is 8.42 Å². The summed E-state index contributed by atoms with van der Waals surface area (Å²) in [5.74, 6) is -0.781. The highest BCUT2D eigenvalue weighted by molar-refractivity contribution is 14.1. The lowest BCUT2D eigenvalue weighted by atomic mass is 10.0. The number of rotatable bonds is 13. The maximum Gasteiger partial charge on any atom is 0.264 e. The van der Waals surface area contributed by atoms with Crippen molar-refractivity contribution in [3.63, 3.8) is 0 Å². The Morgan fingerprint density at radius 3 is 2.05 bits per heavy atom. The van der Waals surface area contributed by atoms with Crippen molar-refractivity contribution in [3.8, 4) is 0 Å². The Labute approximate surface area is 275 Å². The van der Waals surface area contributed by atoms with Crippen LogP contribution in [0.1, 0.15) is 24.5 Å². The molecule has 4 rings (SSSR count). The normalized spacial score (nSPS) is 11.9. The molecule has 0 radical (unpaired) electrons. The van der Waals surface area contributed by atoms with Crippen molar-refractivity contribution in [2.24, 2.45) is 0 Å². The van der Waals surface area contributed by atoms with E-state index in [2.05, 4.69) is 43.8 Å². The van der Waals surface area contributed by atoms with Gasteiger partial charge in [0.05, 0.1) is 10.6 Å². The second kappa shape index (κ2) is 15.5. The molecule has 0 heterocycles. The van der Waals surface area contributed by atoms with Crippen molar-refractivity contribution in [1.82, 2.24) is 10.2 Å². The molecule has 10 heteroatoms. The van der Waals surface area contributed by atoms with Crippen LogP contribution >= 0.6 is 38.5 Å². The van der Waals surface area contributed by atoms with Gasteiger partial charge in [0.2, 0.25) is 11.8 Å². The SMILES string of the molecule is CCCNC(=O)[C@H](Cc1ccccc1)N(Cc1ccc(Br)cc1)C(=O)CN(c1ccc(I)cc1)S(=O)(=O)c1ccccc1. The van der Waals surface area contributed by atoms with E-state index in [0.29, 0.717) is 12.2 Å². The molecule has 1 N–H and O–H groups in total. The molecule has 0 spiro atoms. The van der Waals surface area contributed by atoms with Crippen LogP contribution < -0.4 is 9.62 Å². The first-order valence-electron chi connectivity index (χ1n) is 13.9. The van der Waals surface area contributed by atoms with Crippen molar-refractivity contribution in [2.45, 2.75) is 37.2 Å². The number of hydrogen-bond acceptors (Lipinski definition) is 4. The predicted molar refractivity (Wildman–Crippen MR) is 182 cm³/mol. The fraction of sp³-hybridized carbons (Fsp3) is 0.212. The maximum atomic E-state index is 14.4. The molecule has 7 nitrogen and oxygen atoms in total. The summed E-state index contributed by atoms with van der Waals surface area (Å²) < 4.78 is 30.9. The van der Waals surface area contributed by atoms with Crippen molar-refractivity contribution in [1.29, 1.82) is 0 Å². The molecule has 0 aliphatic rings. The molecular formula is C33H33BrIN3O4S. The highest BCUT2D eigenvalue weighted by Gasteiger charge is 2.34. The summed E-state index contributed by atoms with van der Waals surface area (Å²) in [5, 5.41) is 2.96. The third-order valence-corrected chi connectivity index (χ3v) is 9.85. The van der Waals surface area contributed by atoms with Gasteiger partial charge >= 0.3 is 0 Å². The van der Waals surface area contributed by atoms with Crippen LogP contribution in [0, 0.1) is 3.57 Å². The van der Waals surface area contributed by atoms with Gasteiger partial charge in [-0.3, -0.25) is 13.9 Å². The van der Waals surface area contributed by atoms with Crippen LogP contribution in [0.2, 0.25) is 0 Å². The van der Waals surface area contributed by atoms with E-state index in [4.69, 9.17) is 0 Å². The average molecular weight is 775 g/mol. The van der Waals surface area contributed by atoms with Gasteiger partial charge in [0, 0.05) is 27.6 Å². The van der Waals surface area contributed by atoms with E-state index in [9.17, 15) is 18.0 Å². The number of benzene rings is 4. The van der Waals surface area contributed by atoms with Crippen LogP contribution in [0.3, 0.4) is 0 Å². The third kappa shape index (κ3) is 8.90. The highest BCUT2D eigenvalue weighted by Crippen LogP contribution is 2.26. The summed E-state index contributed by atoms with van der Waals surface area (Å²) in [7, 11) is -4.12. The zero-order chi connectivity index (χ0) is 30.8. The van der Waals surface area contributed by atoms with Crippen LogP contribution in [0.4, 0.5) is 5.69 Å². The Morgan fingerprint density at radius 2 is 1.44 bits per heavy atom.